The van der Waals surface area contributed by atoms with Crippen LogP contribution in [0.4, 0.5) is 11.5 Å². The van der Waals surface area contributed by atoms with E-state index in [9.17, 15) is 4.79 Å². The zero-order chi connectivity index (χ0) is 17.2. The fraction of sp³-hybridized carbons (Fsp3) is 0.500. The molecule has 2 aromatic rings. The molecule has 2 aliphatic heterocycles. The largest absolute Gasteiger partial charge is 0.371 e. The van der Waals surface area contributed by atoms with Crippen LogP contribution in [0.5, 0.6) is 0 Å². The maximum absolute atomic E-state index is 12.4. The van der Waals surface area contributed by atoms with Gasteiger partial charge in [0.1, 0.15) is 0 Å². The quantitative estimate of drug-likeness (QED) is 0.859. The number of para-hydroxylation sites is 1. The van der Waals surface area contributed by atoms with Crippen LogP contribution in [-0.2, 0) is 13.0 Å². The highest BCUT2D eigenvalue weighted by molar-refractivity contribution is 5.57. The minimum atomic E-state index is 0.0388. The van der Waals surface area contributed by atoms with Gasteiger partial charge < -0.3 is 14.4 Å². The van der Waals surface area contributed by atoms with E-state index in [2.05, 4.69) is 39.0 Å². The van der Waals surface area contributed by atoms with E-state index >= 15 is 0 Å². The SMILES string of the molecule is CCn1ccnc(N2CCC(CN3CCc4ccccc43)CC2)c1=O. The molecular formula is C20H26N4O. The first-order chi connectivity index (χ1) is 12.3. The van der Waals surface area contributed by atoms with E-state index in [4.69, 9.17) is 0 Å². The zero-order valence-corrected chi connectivity index (χ0v) is 14.9. The molecule has 2 aliphatic rings. The number of hydrogen-bond donors (Lipinski definition) is 0. The molecule has 1 fully saturated rings. The highest BCUT2D eigenvalue weighted by atomic mass is 16.1. The lowest BCUT2D eigenvalue weighted by atomic mass is 9.96. The maximum Gasteiger partial charge on any atom is 0.293 e. The molecule has 4 rings (SSSR count). The molecule has 5 heteroatoms. The molecule has 0 spiro atoms. The fourth-order valence-electron chi connectivity index (χ4n) is 4.14. The highest BCUT2D eigenvalue weighted by Gasteiger charge is 2.26. The average molecular weight is 338 g/mol. The predicted octanol–water partition coefficient (Wildman–Crippen LogP) is 2.54. The average Bonchev–Trinajstić information content (AvgIpc) is 3.06. The van der Waals surface area contributed by atoms with Crippen LogP contribution >= 0.6 is 0 Å². The number of hydrogen-bond acceptors (Lipinski definition) is 4. The van der Waals surface area contributed by atoms with E-state index in [1.807, 2.05) is 6.92 Å². The number of piperidine rings is 1. The molecule has 0 aliphatic carbocycles. The second kappa shape index (κ2) is 6.90. The summed E-state index contributed by atoms with van der Waals surface area (Å²) in [5.74, 6) is 1.31. The Bertz CT molecular complexity index is 792. The zero-order valence-electron chi connectivity index (χ0n) is 14.9. The van der Waals surface area contributed by atoms with Gasteiger partial charge in [0, 0.05) is 50.8 Å². The van der Waals surface area contributed by atoms with E-state index in [1.54, 1.807) is 17.0 Å². The van der Waals surface area contributed by atoms with E-state index in [0.29, 0.717) is 18.3 Å². The van der Waals surface area contributed by atoms with Crippen LogP contribution in [0.2, 0.25) is 0 Å². The van der Waals surface area contributed by atoms with Crippen LogP contribution in [0.15, 0.2) is 41.5 Å². The number of nitrogens with zero attached hydrogens (tertiary/aromatic N) is 4. The molecule has 0 atom stereocenters. The standard InChI is InChI=1S/C20H26N4O/c1-2-22-14-10-21-19(20(22)25)23-11-7-16(8-12-23)15-24-13-9-17-5-3-4-6-18(17)24/h3-6,10,14,16H,2,7-9,11-13,15H2,1H3. The van der Waals surface area contributed by atoms with Gasteiger partial charge in [0.15, 0.2) is 5.82 Å². The van der Waals surface area contributed by atoms with Crippen LogP contribution in [0.25, 0.3) is 0 Å². The Morgan fingerprint density at radius 2 is 1.96 bits per heavy atom. The van der Waals surface area contributed by atoms with Crippen molar-refractivity contribution in [2.24, 2.45) is 5.92 Å². The normalized spacial score (nSPS) is 17.8. The van der Waals surface area contributed by atoms with E-state index in [1.165, 1.54) is 17.7 Å². The monoisotopic (exact) mass is 338 g/mol. The molecule has 1 saturated heterocycles. The number of aryl methyl sites for hydroxylation is 1. The summed E-state index contributed by atoms with van der Waals surface area (Å²) in [4.78, 5) is 21.5. The third-order valence-electron chi connectivity index (χ3n) is 5.61. The van der Waals surface area contributed by atoms with Gasteiger partial charge in [0.25, 0.3) is 5.56 Å². The van der Waals surface area contributed by atoms with Crippen LogP contribution in [0, 0.1) is 5.92 Å². The molecule has 5 nitrogen and oxygen atoms in total. The third-order valence-corrected chi connectivity index (χ3v) is 5.61. The number of anilines is 2. The summed E-state index contributed by atoms with van der Waals surface area (Å²) in [5.41, 5.74) is 2.94. The molecule has 1 aromatic carbocycles. The molecule has 25 heavy (non-hydrogen) atoms. The Morgan fingerprint density at radius 1 is 1.16 bits per heavy atom. The first-order valence-electron chi connectivity index (χ1n) is 9.39. The Hall–Kier alpha value is -2.30. The Labute approximate surface area is 148 Å². The molecule has 3 heterocycles. The number of aromatic nitrogens is 2. The van der Waals surface area contributed by atoms with Crippen LogP contribution in [0.1, 0.15) is 25.3 Å². The van der Waals surface area contributed by atoms with Crippen molar-refractivity contribution in [1.29, 1.82) is 0 Å². The summed E-state index contributed by atoms with van der Waals surface area (Å²) in [6.45, 7) is 6.81. The molecule has 132 valence electrons. The lowest BCUT2D eigenvalue weighted by molar-refractivity contribution is 0.403. The molecule has 0 N–H and O–H groups in total. The Kier molecular flexibility index (Phi) is 4.47. The van der Waals surface area contributed by atoms with Crippen molar-refractivity contribution in [2.75, 3.05) is 36.0 Å². The second-order valence-corrected chi connectivity index (χ2v) is 7.10. The number of fused-ring (bicyclic) bond motifs is 1. The minimum Gasteiger partial charge on any atom is -0.371 e. The van der Waals surface area contributed by atoms with Crippen molar-refractivity contribution in [1.82, 2.24) is 9.55 Å². The molecular weight excluding hydrogens is 312 g/mol. The molecule has 0 unspecified atom stereocenters. The topological polar surface area (TPSA) is 41.4 Å². The van der Waals surface area contributed by atoms with Gasteiger partial charge >= 0.3 is 0 Å². The fourth-order valence-corrected chi connectivity index (χ4v) is 4.14. The first-order valence-corrected chi connectivity index (χ1v) is 9.39. The number of benzene rings is 1. The minimum absolute atomic E-state index is 0.0388. The third kappa shape index (κ3) is 3.15. The molecule has 0 radical (unpaired) electrons. The van der Waals surface area contributed by atoms with Gasteiger partial charge in [-0.15, -0.1) is 0 Å². The Balaban J connectivity index is 1.39. The van der Waals surface area contributed by atoms with Crippen molar-refractivity contribution in [3.8, 4) is 0 Å². The van der Waals surface area contributed by atoms with Gasteiger partial charge in [0.05, 0.1) is 0 Å². The summed E-state index contributed by atoms with van der Waals surface area (Å²) in [5, 5.41) is 0. The van der Waals surface area contributed by atoms with E-state index in [-0.39, 0.29) is 5.56 Å². The summed E-state index contributed by atoms with van der Waals surface area (Å²) in [7, 11) is 0. The summed E-state index contributed by atoms with van der Waals surface area (Å²) in [6, 6.07) is 8.77. The van der Waals surface area contributed by atoms with Gasteiger partial charge in [-0.25, -0.2) is 4.98 Å². The van der Waals surface area contributed by atoms with Crippen LogP contribution in [0.3, 0.4) is 0 Å². The molecule has 0 saturated carbocycles. The highest BCUT2D eigenvalue weighted by Crippen LogP contribution is 2.30. The predicted molar refractivity (Wildman–Crippen MR) is 101 cm³/mol. The van der Waals surface area contributed by atoms with Crippen molar-refractivity contribution in [3.05, 3.63) is 52.6 Å². The summed E-state index contributed by atoms with van der Waals surface area (Å²) >= 11 is 0. The molecule has 0 amide bonds. The van der Waals surface area contributed by atoms with Crippen LogP contribution < -0.4 is 15.4 Å². The van der Waals surface area contributed by atoms with Crippen molar-refractivity contribution < 1.29 is 0 Å². The lowest BCUT2D eigenvalue weighted by Crippen LogP contribution is -2.41. The van der Waals surface area contributed by atoms with Crippen molar-refractivity contribution >= 4 is 11.5 Å². The van der Waals surface area contributed by atoms with Gasteiger partial charge in [0.2, 0.25) is 0 Å². The second-order valence-electron chi connectivity index (χ2n) is 7.10. The lowest BCUT2D eigenvalue weighted by Gasteiger charge is -2.35. The number of rotatable bonds is 4. The van der Waals surface area contributed by atoms with Crippen LogP contribution in [-0.4, -0.2) is 35.7 Å². The van der Waals surface area contributed by atoms with E-state index in [0.717, 1.165) is 39.0 Å². The van der Waals surface area contributed by atoms with Gasteiger partial charge in [-0.05, 0) is 43.7 Å². The van der Waals surface area contributed by atoms with E-state index < -0.39 is 0 Å². The van der Waals surface area contributed by atoms with Gasteiger partial charge in [-0.3, -0.25) is 4.79 Å². The van der Waals surface area contributed by atoms with Gasteiger partial charge in [-0.2, -0.15) is 0 Å². The first kappa shape index (κ1) is 16.2. The smallest absolute Gasteiger partial charge is 0.293 e. The molecule has 0 bridgehead atoms. The maximum atomic E-state index is 12.4. The summed E-state index contributed by atoms with van der Waals surface area (Å²) in [6.07, 6.45) is 6.93. The van der Waals surface area contributed by atoms with Gasteiger partial charge in [-0.1, -0.05) is 18.2 Å². The molecule has 1 aromatic heterocycles. The Morgan fingerprint density at radius 3 is 2.76 bits per heavy atom. The van der Waals surface area contributed by atoms with Crippen molar-refractivity contribution in [3.63, 3.8) is 0 Å². The van der Waals surface area contributed by atoms with Crippen molar-refractivity contribution in [2.45, 2.75) is 32.7 Å². The summed E-state index contributed by atoms with van der Waals surface area (Å²) < 4.78 is 1.73.